The number of benzene rings is 2. The predicted octanol–water partition coefficient (Wildman–Crippen LogP) is 2.11. The summed E-state index contributed by atoms with van der Waals surface area (Å²) in [5.41, 5.74) is 4.72. The van der Waals surface area contributed by atoms with Crippen molar-refractivity contribution in [2.45, 2.75) is 11.5 Å². The summed E-state index contributed by atoms with van der Waals surface area (Å²) < 4.78 is 28.6. The van der Waals surface area contributed by atoms with Crippen LogP contribution in [0.1, 0.15) is 11.1 Å². The molecule has 0 aliphatic rings. The Bertz CT molecular complexity index is 796. The van der Waals surface area contributed by atoms with Gasteiger partial charge in [0.2, 0.25) is 0 Å². The molecule has 0 fully saturated rings. The van der Waals surface area contributed by atoms with Crippen molar-refractivity contribution in [3.8, 4) is 5.75 Å². The van der Waals surface area contributed by atoms with E-state index in [0.717, 1.165) is 11.8 Å². The molecule has 0 spiro atoms. The largest absolute Gasteiger partial charge is 0.463 e. The lowest BCUT2D eigenvalue weighted by atomic mass is 10.2. The van der Waals surface area contributed by atoms with E-state index in [1.165, 1.54) is 25.5 Å². The molecular weight excluding hydrogens is 330 g/mol. The van der Waals surface area contributed by atoms with E-state index in [2.05, 4.69) is 5.48 Å². The third-order valence-electron chi connectivity index (χ3n) is 3.22. The number of sulfone groups is 1. The van der Waals surface area contributed by atoms with Crippen molar-refractivity contribution in [1.29, 1.82) is 0 Å². The van der Waals surface area contributed by atoms with Gasteiger partial charge in [0.15, 0.2) is 9.84 Å². The number of hydrogen-bond donors (Lipinski definition) is 2. The van der Waals surface area contributed by atoms with Gasteiger partial charge in [0.25, 0.3) is 0 Å². The maximum absolute atomic E-state index is 11.5. The molecule has 0 radical (unpaired) electrons. The monoisotopic (exact) mass is 349 g/mol. The molecule has 2 aromatic carbocycles. The normalized spacial score (nSPS) is 12.0. The van der Waals surface area contributed by atoms with Crippen molar-refractivity contribution in [3.63, 3.8) is 0 Å². The Morgan fingerprint density at radius 3 is 2.25 bits per heavy atom. The maximum Gasteiger partial charge on any atom is 0.175 e. The molecule has 0 unspecified atom stereocenters. The van der Waals surface area contributed by atoms with Crippen molar-refractivity contribution >= 4 is 15.5 Å². The van der Waals surface area contributed by atoms with Gasteiger partial charge in [-0.1, -0.05) is 24.3 Å². The Balaban J connectivity index is 2.21. The molecule has 0 heterocycles. The number of aliphatic hydroxyl groups is 1. The van der Waals surface area contributed by atoms with Crippen LogP contribution in [0.4, 0.5) is 0 Å². The summed E-state index contributed by atoms with van der Waals surface area (Å²) >= 11 is 0. The van der Waals surface area contributed by atoms with Crippen LogP contribution in [-0.2, 0) is 21.3 Å². The minimum Gasteiger partial charge on any atom is -0.463 e. The molecule has 7 heteroatoms. The van der Waals surface area contributed by atoms with Crippen LogP contribution in [0, 0.1) is 0 Å². The van der Waals surface area contributed by atoms with Crippen LogP contribution < -0.4 is 10.2 Å². The topological polar surface area (TPSA) is 84.9 Å². The third-order valence-corrected chi connectivity index (χ3v) is 4.35. The first-order valence-electron chi connectivity index (χ1n) is 7.10. The van der Waals surface area contributed by atoms with Crippen LogP contribution in [0.15, 0.2) is 59.7 Å². The molecule has 0 aromatic heterocycles. The van der Waals surface area contributed by atoms with E-state index in [0.29, 0.717) is 17.0 Å². The first-order valence-corrected chi connectivity index (χ1v) is 8.99. The fraction of sp³-hybridized carbons (Fsp3) is 0.176. The summed E-state index contributed by atoms with van der Waals surface area (Å²) in [5.74, 6) is 0.593. The fourth-order valence-electron chi connectivity index (χ4n) is 1.94. The standard InChI is InChI=1S/C17H19NO5S/c1-22-18-17(12-23-15-7-3-13(11-19)4-8-15)14-5-9-16(10-6-14)24(2,20)21/h3-10,12,18-19H,11H2,1-2H3. The lowest BCUT2D eigenvalue weighted by molar-refractivity contribution is 0.135. The minimum atomic E-state index is -3.24. The van der Waals surface area contributed by atoms with E-state index >= 15 is 0 Å². The van der Waals surface area contributed by atoms with Crippen molar-refractivity contribution < 1.29 is 23.1 Å². The zero-order valence-electron chi connectivity index (χ0n) is 13.4. The van der Waals surface area contributed by atoms with Gasteiger partial charge >= 0.3 is 0 Å². The van der Waals surface area contributed by atoms with Crippen molar-refractivity contribution in [2.24, 2.45) is 0 Å². The number of aliphatic hydroxyl groups excluding tert-OH is 1. The second kappa shape index (κ2) is 7.96. The Hall–Kier alpha value is -2.35. The third kappa shape index (κ3) is 4.82. The first kappa shape index (κ1) is 18.0. The van der Waals surface area contributed by atoms with Gasteiger partial charge in [0.1, 0.15) is 17.7 Å². The van der Waals surface area contributed by atoms with Crippen molar-refractivity contribution in [1.82, 2.24) is 5.48 Å². The summed E-state index contributed by atoms with van der Waals surface area (Å²) in [6.07, 6.45) is 2.62. The summed E-state index contributed by atoms with van der Waals surface area (Å²) in [6.45, 7) is -0.0285. The molecule has 6 nitrogen and oxygen atoms in total. The zero-order valence-corrected chi connectivity index (χ0v) is 14.2. The molecule has 0 saturated heterocycles. The number of hydrogen-bond acceptors (Lipinski definition) is 6. The van der Waals surface area contributed by atoms with E-state index in [4.69, 9.17) is 14.7 Å². The molecule has 2 aromatic rings. The molecule has 0 atom stereocenters. The summed E-state index contributed by atoms with van der Waals surface area (Å²) in [4.78, 5) is 5.17. The maximum atomic E-state index is 11.5. The van der Waals surface area contributed by atoms with Gasteiger partial charge in [0, 0.05) is 11.8 Å². The van der Waals surface area contributed by atoms with Gasteiger partial charge in [-0.05, 0) is 29.8 Å². The molecule has 0 aliphatic heterocycles. The average Bonchev–Trinajstić information content (AvgIpc) is 2.58. The van der Waals surface area contributed by atoms with Crippen LogP contribution in [0.3, 0.4) is 0 Å². The molecular formula is C17H19NO5S. The summed E-state index contributed by atoms with van der Waals surface area (Å²) in [7, 11) is -1.78. The fourth-order valence-corrected chi connectivity index (χ4v) is 2.57. The molecule has 0 saturated carbocycles. The van der Waals surface area contributed by atoms with E-state index < -0.39 is 9.84 Å². The van der Waals surface area contributed by atoms with Crippen LogP contribution in [0.2, 0.25) is 0 Å². The quantitative estimate of drug-likeness (QED) is 0.588. The Labute approximate surface area is 141 Å². The van der Waals surface area contributed by atoms with E-state index in [9.17, 15) is 8.42 Å². The highest BCUT2D eigenvalue weighted by Crippen LogP contribution is 2.18. The SMILES string of the molecule is CONC(=COc1ccc(CO)cc1)c1ccc(S(C)(=O)=O)cc1. The molecule has 2 N–H and O–H groups in total. The average molecular weight is 349 g/mol. The van der Waals surface area contributed by atoms with Crippen LogP contribution in [0.5, 0.6) is 5.75 Å². The molecule has 0 aliphatic carbocycles. The van der Waals surface area contributed by atoms with Gasteiger partial charge in [-0.25, -0.2) is 8.42 Å². The number of hydroxylamine groups is 1. The molecule has 0 amide bonds. The molecule has 24 heavy (non-hydrogen) atoms. The number of ether oxygens (including phenoxy) is 1. The van der Waals surface area contributed by atoms with Gasteiger partial charge in [-0.3, -0.25) is 10.3 Å². The lowest BCUT2D eigenvalue weighted by Crippen LogP contribution is -2.11. The van der Waals surface area contributed by atoms with Crippen molar-refractivity contribution in [2.75, 3.05) is 13.4 Å². The second-order valence-electron chi connectivity index (χ2n) is 5.05. The minimum absolute atomic E-state index is 0.0285. The number of nitrogens with one attached hydrogen (secondary N) is 1. The summed E-state index contributed by atoms with van der Waals surface area (Å²) in [6, 6.07) is 13.3. The first-order chi connectivity index (χ1) is 11.4. The zero-order chi connectivity index (χ0) is 17.6. The van der Waals surface area contributed by atoms with E-state index in [-0.39, 0.29) is 11.5 Å². The Morgan fingerprint density at radius 2 is 1.75 bits per heavy atom. The van der Waals surface area contributed by atoms with Crippen LogP contribution >= 0.6 is 0 Å². The van der Waals surface area contributed by atoms with Crippen LogP contribution in [-0.4, -0.2) is 26.9 Å². The highest BCUT2D eigenvalue weighted by molar-refractivity contribution is 7.90. The predicted molar refractivity (Wildman–Crippen MR) is 90.7 cm³/mol. The second-order valence-corrected chi connectivity index (χ2v) is 7.07. The van der Waals surface area contributed by atoms with Gasteiger partial charge < -0.3 is 9.84 Å². The van der Waals surface area contributed by atoms with Crippen molar-refractivity contribution in [3.05, 3.63) is 65.9 Å². The molecule has 0 bridgehead atoms. The van der Waals surface area contributed by atoms with Crippen LogP contribution in [0.25, 0.3) is 5.70 Å². The van der Waals surface area contributed by atoms with E-state index in [1.54, 1.807) is 36.4 Å². The van der Waals surface area contributed by atoms with Gasteiger partial charge in [-0.2, -0.15) is 0 Å². The lowest BCUT2D eigenvalue weighted by Gasteiger charge is -2.10. The molecule has 128 valence electrons. The number of rotatable bonds is 7. The highest BCUT2D eigenvalue weighted by Gasteiger charge is 2.08. The smallest absolute Gasteiger partial charge is 0.175 e. The highest BCUT2D eigenvalue weighted by atomic mass is 32.2. The van der Waals surface area contributed by atoms with E-state index in [1.807, 2.05) is 0 Å². The Morgan fingerprint density at radius 1 is 1.12 bits per heavy atom. The Kier molecular flexibility index (Phi) is 5.97. The van der Waals surface area contributed by atoms with Gasteiger partial charge in [0.05, 0.1) is 18.6 Å². The molecule has 2 rings (SSSR count). The summed E-state index contributed by atoms with van der Waals surface area (Å²) in [5, 5.41) is 9.02. The van der Waals surface area contributed by atoms with Gasteiger partial charge in [-0.15, -0.1) is 0 Å².